The van der Waals surface area contributed by atoms with Crippen LogP contribution in [0.4, 0.5) is 5.95 Å². The van der Waals surface area contributed by atoms with Crippen molar-refractivity contribution < 1.29 is 30.3 Å². The highest BCUT2D eigenvalue weighted by Crippen LogP contribution is 2.46. The van der Waals surface area contributed by atoms with E-state index in [2.05, 4.69) is 16.0 Å². The number of aliphatic hydroxyl groups excluding tert-OH is 2. The van der Waals surface area contributed by atoms with Gasteiger partial charge >= 0.3 is 5.69 Å². The number of anilines is 1. The average molecular weight is 563 g/mol. The van der Waals surface area contributed by atoms with Gasteiger partial charge in [0.15, 0.2) is 0 Å². The number of phenols is 3. The third kappa shape index (κ3) is 5.60. The van der Waals surface area contributed by atoms with Crippen molar-refractivity contribution in [1.82, 2.24) is 14.5 Å². The predicted molar refractivity (Wildman–Crippen MR) is 150 cm³/mol. The summed E-state index contributed by atoms with van der Waals surface area (Å²) in [5.74, 6) is 0.156. The minimum absolute atomic E-state index is 0.0249. The first-order chi connectivity index (χ1) is 19.2. The lowest BCUT2D eigenvalue weighted by atomic mass is 9.98. The van der Waals surface area contributed by atoms with Gasteiger partial charge in [-0.2, -0.15) is 4.98 Å². The molecule has 7 N–H and O–H groups in total. The van der Waals surface area contributed by atoms with E-state index < -0.39 is 24.1 Å². The molecule has 3 aromatic carbocycles. The van der Waals surface area contributed by atoms with Crippen LogP contribution >= 0.6 is 11.3 Å². The lowest BCUT2D eigenvalue weighted by Gasteiger charge is -2.13. The zero-order chi connectivity index (χ0) is 28.4. The fourth-order valence-corrected chi connectivity index (χ4v) is 5.72. The number of nitrogens with two attached hydrogens (primary N) is 1. The average Bonchev–Trinajstić information content (AvgIpc) is 3.49. The molecule has 0 amide bonds. The molecule has 0 bridgehead atoms. The fraction of sp³-hybridized carbons (Fsp3) is 0.179. The zero-order valence-electron chi connectivity index (χ0n) is 21.0. The third-order valence-corrected chi connectivity index (χ3v) is 7.58. The molecule has 3 heterocycles. The van der Waals surface area contributed by atoms with Crippen LogP contribution in [0, 0.1) is 0 Å². The lowest BCUT2D eigenvalue weighted by Crippen LogP contribution is -2.28. The first kappa shape index (κ1) is 27.1. The minimum Gasteiger partial charge on any atom is -0.508 e. The summed E-state index contributed by atoms with van der Waals surface area (Å²) in [6.45, 7) is -0.303. The Labute approximate surface area is 231 Å². The van der Waals surface area contributed by atoms with Gasteiger partial charge in [-0.15, -0.1) is 11.3 Å². The quantitative estimate of drug-likeness (QED) is 0.190. The molecule has 6 rings (SSSR count). The molecule has 2 aromatic heterocycles. The zero-order valence-corrected chi connectivity index (χ0v) is 21.8. The van der Waals surface area contributed by atoms with E-state index in [1.54, 1.807) is 35.6 Å². The second kappa shape index (κ2) is 11.3. The van der Waals surface area contributed by atoms with Crippen LogP contribution in [-0.2, 0) is 4.74 Å². The third-order valence-electron chi connectivity index (χ3n) is 6.36. The van der Waals surface area contributed by atoms with E-state index in [9.17, 15) is 25.2 Å². The summed E-state index contributed by atoms with van der Waals surface area (Å²) in [7, 11) is 0. The smallest absolute Gasteiger partial charge is 0.354 e. The molecule has 1 aliphatic rings. The van der Waals surface area contributed by atoms with Gasteiger partial charge in [-0.3, -0.25) is 4.57 Å². The number of aliphatic hydroxyl groups is 2. The highest BCUT2D eigenvalue weighted by Gasteiger charge is 2.35. The van der Waals surface area contributed by atoms with Crippen molar-refractivity contribution in [2.75, 3.05) is 12.3 Å². The summed E-state index contributed by atoms with van der Waals surface area (Å²) >= 11 is 1.64. The number of benzene rings is 3. The maximum atomic E-state index is 11.4. The summed E-state index contributed by atoms with van der Waals surface area (Å²) in [6, 6.07) is 19.7. The summed E-state index contributed by atoms with van der Waals surface area (Å²) < 4.78 is 7.53. The Bertz CT molecular complexity index is 1680. The molecule has 1 fully saturated rings. The Kier molecular flexibility index (Phi) is 7.67. The fourth-order valence-electron chi connectivity index (χ4n) is 4.49. The molecule has 0 radical (unpaired) electrons. The number of nitrogen functional groups attached to an aromatic ring is 1. The van der Waals surface area contributed by atoms with Crippen LogP contribution in [-0.4, -0.2) is 58.9 Å². The maximum Gasteiger partial charge on any atom is 0.354 e. The predicted octanol–water partition coefficient (Wildman–Crippen LogP) is 3.21. The first-order valence-corrected chi connectivity index (χ1v) is 13.0. The van der Waals surface area contributed by atoms with Crippen LogP contribution in [0.1, 0.15) is 12.6 Å². The van der Waals surface area contributed by atoms with Crippen molar-refractivity contribution in [2.45, 2.75) is 24.9 Å². The molecular weight excluding hydrogens is 536 g/mol. The normalized spacial score (nSPS) is 18.4. The topological polar surface area (TPSA) is 184 Å². The van der Waals surface area contributed by atoms with E-state index in [-0.39, 0.29) is 36.2 Å². The van der Waals surface area contributed by atoms with E-state index in [1.807, 2.05) is 30.3 Å². The first-order valence-electron chi connectivity index (χ1n) is 12.2. The molecule has 3 atom stereocenters. The molecule has 206 valence electrons. The Hall–Kier alpha value is -4.49. The van der Waals surface area contributed by atoms with Crippen LogP contribution < -0.4 is 11.4 Å². The van der Waals surface area contributed by atoms with Gasteiger partial charge < -0.3 is 36.0 Å². The Morgan fingerprint density at radius 3 is 2.33 bits per heavy atom. The van der Waals surface area contributed by atoms with Gasteiger partial charge in [0.05, 0.1) is 12.7 Å². The van der Waals surface area contributed by atoms with Gasteiger partial charge in [0.2, 0.25) is 5.95 Å². The molecule has 0 unspecified atom stereocenters. The van der Waals surface area contributed by atoms with Gasteiger partial charge in [-0.05, 0) is 53.6 Å². The van der Waals surface area contributed by atoms with Crippen LogP contribution in [0.25, 0.3) is 31.7 Å². The number of hydrogen-bond donors (Lipinski definition) is 6. The molecule has 40 heavy (non-hydrogen) atoms. The van der Waals surface area contributed by atoms with Gasteiger partial charge in [0, 0.05) is 33.0 Å². The van der Waals surface area contributed by atoms with Crippen LogP contribution in [0.3, 0.4) is 0 Å². The number of rotatable bonds is 4. The summed E-state index contributed by atoms with van der Waals surface area (Å²) in [4.78, 5) is 19.6. The number of hydrogen-bond acceptors (Lipinski definition) is 11. The van der Waals surface area contributed by atoms with Gasteiger partial charge in [0.25, 0.3) is 0 Å². The molecule has 12 heteroatoms. The minimum atomic E-state index is -0.806. The number of aromatic hydroxyl groups is 3. The Balaban J connectivity index is 0.000000176. The van der Waals surface area contributed by atoms with Crippen molar-refractivity contribution in [1.29, 1.82) is 0 Å². The van der Waals surface area contributed by atoms with Crippen LogP contribution in [0.5, 0.6) is 17.2 Å². The van der Waals surface area contributed by atoms with Crippen LogP contribution in [0.2, 0.25) is 0 Å². The van der Waals surface area contributed by atoms with Crippen molar-refractivity contribution in [3.8, 4) is 38.8 Å². The molecule has 1 saturated heterocycles. The number of fused-ring (bicyclic) bond motifs is 1. The highest BCUT2D eigenvalue weighted by molar-refractivity contribution is 7.23. The molecule has 11 nitrogen and oxygen atoms in total. The monoisotopic (exact) mass is 562 g/mol. The standard InChI is InChI=1S/C20H14O3S.C8H12N4O4/c21-14-7-5-12(6-8-14)20-19(13-9-15(22)11-16(23)10-13)17-3-1-2-4-18(17)24-20;9-7-10-3-12(8(15)11-7)6-1-4(14)5(2-13)16-6/h1-11,21-23H;3-6,13-14H,1-2H2,(H2,9,11,15)/t;4-,5+,6+/m.0/s1. The van der Waals surface area contributed by atoms with Gasteiger partial charge in [-0.25, -0.2) is 9.78 Å². The number of nitrogens with zero attached hydrogens (tertiary/aromatic N) is 3. The summed E-state index contributed by atoms with van der Waals surface area (Å²) in [5.41, 5.74) is 7.35. The summed E-state index contributed by atoms with van der Waals surface area (Å²) in [6.07, 6.45) is -0.741. The lowest BCUT2D eigenvalue weighted by molar-refractivity contribution is -0.0462. The Morgan fingerprint density at radius 1 is 0.975 bits per heavy atom. The van der Waals surface area contributed by atoms with E-state index in [1.165, 1.54) is 12.4 Å². The summed E-state index contributed by atoms with van der Waals surface area (Å²) in [5, 5.41) is 48.7. The van der Waals surface area contributed by atoms with Crippen molar-refractivity contribution >= 4 is 27.4 Å². The van der Waals surface area contributed by atoms with Crippen molar-refractivity contribution in [2.24, 2.45) is 0 Å². The number of phenolic OH excluding ortho intramolecular Hbond substituents is 3. The molecule has 1 aliphatic heterocycles. The highest BCUT2D eigenvalue weighted by atomic mass is 32.1. The molecule has 0 spiro atoms. The van der Waals surface area contributed by atoms with E-state index >= 15 is 0 Å². The molecule has 0 aliphatic carbocycles. The van der Waals surface area contributed by atoms with Gasteiger partial charge in [0.1, 0.15) is 35.9 Å². The maximum absolute atomic E-state index is 11.4. The van der Waals surface area contributed by atoms with Crippen molar-refractivity contribution in [3.05, 3.63) is 83.5 Å². The second-order valence-electron chi connectivity index (χ2n) is 9.11. The SMILES string of the molecule is Nc1ncn([C@H]2C[C@H](O)[C@@H](CO)O2)c(=O)n1.Oc1ccc(-c2sc3ccccc3c2-c2cc(O)cc(O)c2)cc1. The second-order valence-corrected chi connectivity index (χ2v) is 10.2. The number of aromatic nitrogens is 3. The van der Waals surface area contributed by atoms with E-state index in [0.717, 1.165) is 36.2 Å². The van der Waals surface area contributed by atoms with E-state index in [0.29, 0.717) is 0 Å². The van der Waals surface area contributed by atoms with E-state index in [4.69, 9.17) is 15.6 Å². The number of ether oxygens (including phenoxy) is 1. The number of thiophene rings is 1. The molecule has 0 saturated carbocycles. The Morgan fingerprint density at radius 2 is 1.68 bits per heavy atom. The van der Waals surface area contributed by atoms with Crippen molar-refractivity contribution in [3.63, 3.8) is 0 Å². The van der Waals surface area contributed by atoms with Gasteiger partial charge in [-0.1, -0.05) is 18.2 Å². The van der Waals surface area contributed by atoms with Crippen LogP contribution in [0.15, 0.2) is 77.9 Å². The molecular formula is C28H26N4O7S. The molecule has 5 aromatic rings. The largest absolute Gasteiger partial charge is 0.508 e.